The van der Waals surface area contributed by atoms with E-state index >= 15 is 0 Å². The second-order valence-corrected chi connectivity index (χ2v) is 12.2. The lowest BCUT2D eigenvalue weighted by atomic mass is 9.56. The first-order chi connectivity index (χ1) is 17.7. The van der Waals surface area contributed by atoms with E-state index in [1.54, 1.807) is 6.92 Å². The minimum absolute atomic E-state index is 0.0245. The number of cyclic esters (lactones) is 1. The third kappa shape index (κ3) is 3.55. The van der Waals surface area contributed by atoms with Gasteiger partial charge in [0.25, 0.3) is 0 Å². The number of hydrogen-bond acceptors (Lipinski definition) is 8. The predicted octanol–water partition coefficient (Wildman–Crippen LogP) is 3.21. The highest BCUT2D eigenvalue weighted by Gasteiger charge is 2.73. The number of allylic oxidation sites excluding steroid dienone is 1. The summed E-state index contributed by atoms with van der Waals surface area (Å²) in [5.41, 5.74) is -0.0233. The van der Waals surface area contributed by atoms with E-state index in [0.717, 1.165) is 11.1 Å². The fourth-order valence-corrected chi connectivity index (χ4v) is 8.49. The number of hydrogen-bond donors (Lipinski definition) is 1. The summed E-state index contributed by atoms with van der Waals surface area (Å²) < 4.78 is 11.3. The Labute approximate surface area is 222 Å². The predicted molar refractivity (Wildman–Crippen MR) is 135 cm³/mol. The number of aliphatic hydroxyl groups is 1. The molecule has 8 heteroatoms. The number of fused-ring (bicyclic) bond motifs is 3. The lowest BCUT2D eigenvalue weighted by Gasteiger charge is -2.49. The third-order valence-electron chi connectivity index (χ3n) is 10.3. The Kier molecular flexibility index (Phi) is 6.21. The molecule has 2 saturated heterocycles. The molecule has 0 aromatic carbocycles. The van der Waals surface area contributed by atoms with Crippen LogP contribution in [0.4, 0.5) is 0 Å². The second kappa shape index (κ2) is 8.83. The molecule has 2 bridgehead atoms. The maximum Gasteiger partial charge on any atom is 0.334 e. The average Bonchev–Trinajstić information content (AvgIpc) is 3.48. The van der Waals surface area contributed by atoms with Crippen LogP contribution in [-0.4, -0.2) is 52.2 Å². The van der Waals surface area contributed by atoms with Gasteiger partial charge in [0.1, 0.15) is 29.6 Å². The van der Waals surface area contributed by atoms with Crippen molar-refractivity contribution in [2.45, 2.75) is 84.0 Å². The number of ether oxygens (including phenoxy) is 2. The molecule has 3 aliphatic carbocycles. The van der Waals surface area contributed by atoms with Gasteiger partial charge in [-0.2, -0.15) is 0 Å². The quantitative estimate of drug-likeness (QED) is 0.306. The first-order valence-corrected chi connectivity index (χ1v) is 13.5. The molecule has 5 rings (SSSR count). The maximum atomic E-state index is 14.0. The molecule has 2 saturated carbocycles. The molecule has 2 heterocycles. The van der Waals surface area contributed by atoms with Crippen LogP contribution in [0.25, 0.3) is 0 Å². The zero-order valence-corrected chi connectivity index (χ0v) is 22.5. The standard InChI is InChI=1S/C30H36O8/c1-13(31)7-8-18-15(3)27(34)37-22(18)11-21(33)23-20-12-30(25(23)17(5)32)24(14(20)2)26-19(9-10-29(30,6)36)16(4)28(35)38-26/h18-20,22-23,25-26,36H,3-4,7-12H2,1-2,5-6H3/t18-,19-,20-,22+,23+,25+,26-,29-,30-/m0/s1. The van der Waals surface area contributed by atoms with Gasteiger partial charge in [-0.05, 0) is 64.9 Å². The first-order valence-electron chi connectivity index (χ1n) is 13.5. The highest BCUT2D eigenvalue weighted by Crippen LogP contribution is 2.71. The number of carbonyl (C=O) groups is 5. The summed E-state index contributed by atoms with van der Waals surface area (Å²) in [6.07, 6.45) is 0.434. The summed E-state index contributed by atoms with van der Waals surface area (Å²) in [5, 5.41) is 12.0. The minimum atomic E-state index is -1.31. The first kappa shape index (κ1) is 26.7. The van der Waals surface area contributed by atoms with Gasteiger partial charge < -0.3 is 19.4 Å². The minimum Gasteiger partial charge on any atom is -0.458 e. The van der Waals surface area contributed by atoms with Crippen molar-refractivity contribution in [3.8, 4) is 0 Å². The molecule has 9 atom stereocenters. The molecule has 0 aromatic rings. The normalized spacial score (nSPS) is 41.6. The molecular weight excluding hydrogens is 488 g/mol. The van der Waals surface area contributed by atoms with Crippen molar-refractivity contribution in [3.63, 3.8) is 0 Å². The molecule has 5 aliphatic rings. The van der Waals surface area contributed by atoms with Crippen molar-refractivity contribution >= 4 is 29.3 Å². The summed E-state index contributed by atoms with van der Waals surface area (Å²) in [5.74, 6) is -3.95. The van der Waals surface area contributed by atoms with Crippen LogP contribution in [0.1, 0.15) is 66.2 Å². The summed E-state index contributed by atoms with van der Waals surface area (Å²) in [6, 6.07) is 0. The molecule has 0 aromatic heterocycles. The van der Waals surface area contributed by atoms with Crippen molar-refractivity contribution in [1.29, 1.82) is 0 Å². The maximum absolute atomic E-state index is 14.0. The summed E-state index contributed by atoms with van der Waals surface area (Å²) >= 11 is 0. The van der Waals surface area contributed by atoms with Crippen LogP contribution in [0.5, 0.6) is 0 Å². The van der Waals surface area contributed by atoms with Gasteiger partial charge in [0.2, 0.25) is 0 Å². The second-order valence-electron chi connectivity index (χ2n) is 12.2. The van der Waals surface area contributed by atoms with Crippen LogP contribution >= 0.6 is 0 Å². The van der Waals surface area contributed by atoms with E-state index in [-0.39, 0.29) is 47.6 Å². The molecule has 4 fully saturated rings. The molecule has 0 amide bonds. The van der Waals surface area contributed by atoms with Gasteiger partial charge in [-0.1, -0.05) is 18.7 Å². The lowest BCUT2D eigenvalue weighted by molar-refractivity contribution is -0.148. The Hall–Kier alpha value is -2.87. The van der Waals surface area contributed by atoms with Crippen LogP contribution in [0.2, 0.25) is 0 Å². The Bertz CT molecular complexity index is 1220. The van der Waals surface area contributed by atoms with E-state index in [9.17, 15) is 29.1 Å². The van der Waals surface area contributed by atoms with Crippen molar-refractivity contribution < 1.29 is 38.6 Å². The van der Waals surface area contributed by atoms with Crippen LogP contribution in [0, 0.1) is 35.0 Å². The molecule has 2 aliphatic heterocycles. The summed E-state index contributed by atoms with van der Waals surface area (Å²) in [7, 11) is 0. The Balaban J connectivity index is 1.52. The summed E-state index contributed by atoms with van der Waals surface area (Å²) in [4.78, 5) is 63.7. The molecule has 8 nitrogen and oxygen atoms in total. The third-order valence-corrected chi connectivity index (χ3v) is 10.3. The largest absolute Gasteiger partial charge is 0.458 e. The van der Waals surface area contributed by atoms with E-state index < -0.39 is 52.9 Å². The molecule has 38 heavy (non-hydrogen) atoms. The van der Waals surface area contributed by atoms with Crippen molar-refractivity contribution in [2.24, 2.45) is 35.0 Å². The highest BCUT2D eigenvalue weighted by atomic mass is 16.6. The zero-order valence-electron chi connectivity index (χ0n) is 22.5. The topological polar surface area (TPSA) is 124 Å². The van der Waals surface area contributed by atoms with E-state index in [4.69, 9.17) is 9.47 Å². The van der Waals surface area contributed by atoms with E-state index in [2.05, 4.69) is 13.2 Å². The van der Waals surface area contributed by atoms with Crippen LogP contribution in [0.15, 0.2) is 35.5 Å². The van der Waals surface area contributed by atoms with Gasteiger partial charge >= 0.3 is 11.9 Å². The molecule has 1 spiro atoms. The number of rotatable bonds is 7. The lowest BCUT2D eigenvalue weighted by Crippen LogP contribution is -2.54. The van der Waals surface area contributed by atoms with Crippen LogP contribution < -0.4 is 0 Å². The molecule has 204 valence electrons. The average molecular weight is 525 g/mol. The highest BCUT2D eigenvalue weighted by molar-refractivity contribution is 5.95. The monoisotopic (exact) mass is 524 g/mol. The van der Waals surface area contributed by atoms with Gasteiger partial charge in [-0.3, -0.25) is 9.59 Å². The Morgan fingerprint density at radius 3 is 2.34 bits per heavy atom. The molecule has 1 N–H and O–H groups in total. The fraction of sp³-hybridized carbons (Fsp3) is 0.633. The number of Topliss-reactive ketones (excluding diaryl/α,β-unsaturated/α-hetero) is 3. The fourth-order valence-electron chi connectivity index (χ4n) is 8.49. The van der Waals surface area contributed by atoms with E-state index in [0.29, 0.717) is 31.3 Å². The van der Waals surface area contributed by atoms with Gasteiger partial charge in [0.05, 0.1) is 5.60 Å². The Morgan fingerprint density at radius 2 is 1.71 bits per heavy atom. The zero-order chi connectivity index (χ0) is 27.9. The van der Waals surface area contributed by atoms with Gasteiger partial charge in [-0.15, -0.1) is 0 Å². The molecule has 0 radical (unpaired) electrons. The van der Waals surface area contributed by atoms with Gasteiger partial charge in [-0.25, -0.2) is 9.59 Å². The number of carbonyl (C=O) groups excluding carboxylic acids is 5. The Morgan fingerprint density at radius 1 is 1.05 bits per heavy atom. The van der Waals surface area contributed by atoms with Crippen molar-refractivity contribution in [2.75, 3.05) is 0 Å². The summed E-state index contributed by atoms with van der Waals surface area (Å²) in [6.45, 7) is 14.3. The van der Waals surface area contributed by atoms with Gasteiger partial charge in [0, 0.05) is 53.1 Å². The van der Waals surface area contributed by atoms with Gasteiger partial charge in [0.15, 0.2) is 0 Å². The molecule has 0 unspecified atom stereocenters. The van der Waals surface area contributed by atoms with Crippen LogP contribution in [0.3, 0.4) is 0 Å². The van der Waals surface area contributed by atoms with Crippen LogP contribution in [-0.2, 0) is 33.4 Å². The number of ketones is 3. The van der Waals surface area contributed by atoms with E-state index in [1.165, 1.54) is 13.8 Å². The molecular formula is C30H36O8. The van der Waals surface area contributed by atoms with Crippen molar-refractivity contribution in [3.05, 3.63) is 35.5 Å². The van der Waals surface area contributed by atoms with Crippen molar-refractivity contribution in [1.82, 2.24) is 0 Å². The van der Waals surface area contributed by atoms with E-state index in [1.807, 2.05) is 6.92 Å². The smallest absolute Gasteiger partial charge is 0.334 e. The SMILES string of the molecule is C=C1C(=O)O[C@@H]2C3=C(C)[C@@H]4C[C@]3([C@H](C(C)=O)[C@H]4C(=O)C[C@H]3OC(=O)C(=C)[C@@H]3CCC(C)=O)[C@@](C)(O)CC[C@@H]12. The number of esters is 2.